The first-order valence-corrected chi connectivity index (χ1v) is 12.8. The molecule has 0 spiro atoms. The van der Waals surface area contributed by atoms with Crippen molar-refractivity contribution in [2.24, 2.45) is 0 Å². The minimum Gasteiger partial charge on any atom is -0.464 e. The highest BCUT2D eigenvalue weighted by Gasteiger charge is 2.23. The minimum atomic E-state index is -0.776. The van der Waals surface area contributed by atoms with Crippen LogP contribution in [-0.4, -0.2) is 48.9 Å². The number of oxazole rings is 1. The summed E-state index contributed by atoms with van der Waals surface area (Å²) in [6, 6.07) is 13.9. The Morgan fingerprint density at radius 2 is 1.86 bits per heavy atom. The molecule has 0 bridgehead atoms. The Bertz CT molecular complexity index is 1060. The van der Waals surface area contributed by atoms with Gasteiger partial charge >= 0.3 is 5.97 Å². The van der Waals surface area contributed by atoms with Gasteiger partial charge in [-0.05, 0) is 57.1 Å². The van der Waals surface area contributed by atoms with Crippen LogP contribution in [0.1, 0.15) is 48.5 Å². The summed E-state index contributed by atoms with van der Waals surface area (Å²) >= 11 is 1.59. The van der Waals surface area contributed by atoms with Crippen LogP contribution in [0.5, 0.6) is 0 Å². The fourth-order valence-electron chi connectivity index (χ4n) is 3.55. The molecule has 0 fully saturated rings. The van der Waals surface area contributed by atoms with Crippen molar-refractivity contribution >= 4 is 47.1 Å². The van der Waals surface area contributed by atoms with Crippen molar-refractivity contribution < 1.29 is 18.7 Å². The Labute approximate surface area is 217 Å². The molecule has 0 aliphatic carbocycles. The Balaban J connectivity index is 0.00000432. The first kappa shape index (κ1) is 28.7. The third-order valence-corrected chi connectivity index (χ3v) is 6.25. The number of fused-ring (bicyclic) bond motifs is 1. The lowest BCUT2D eigenvalue weighted by Crippen LogP contribution is -2.43. The standard InChI is InChI=1S/C26H33N3O4S.ClH/c1-3-32-25(31)22(17-19-11-7-6-8-12-19)28-24(30)20-13-14-23-21(18-20)29-26(33-23)34-16-10-5-4-9-15-27-2;/h6-8,11-14,18,22,27H,3-5,9-10,15-17H2,1-2H3,(H,28,30);1H/t22-;/m1./s1. The van der Waals surface area contributed by atoms with Gasteiger partial charge in [0.25, 0.3) is 11.1 Å². The summed E-state index contributed by atoms with van der Waals surface area (Å²) in [6.45, 7) is 3.06. The van der Waals surface area contributed by atoms with Gasteiger partial charge in [-0.25, -0.2) is 9.78 Å². The van der Waals surface area contributed by atoms with Crippen molar-refractivity contribution in [1.29, 1.82) is 0 Å². The number of hydrogen-bond acceptors (Lipinski definition) is 7. The van der Waals surface area contributed by atoms with E-state index in [1.807, 2.05) is 37.4 Å². The maximum Gasteiger partial charge on any atom is 0.328 e. The van der Waals surface area contributed by atoms with Crippen LogP contribution in [0.15, 0.2) is 58.2 Å². The molecule has 7 nitrogen and oxygen atoms in total. The number of nitrogens with zero attached hydrogens (tertiary/aromatic N) is 1. The van der Waals surface area contributed by atoms with Crippen molar-refractivity contribution in [3.8, 4) is 0 Å². The second-order valence-corrected chi connectivity index (χ2v) is 9.04. The fraction of sp³-hybridized carbons (Fsp3) is 0.423. The van der Waals surface area contributed by atoms with Gasteiger partial charge in [0.05, 0.1) is 6.61 Å². The lowest BCUT2D eigenvalue weighted by molar-refractivity contribution is -0.145. The van der Waals surface area contributed by atoms with E-state index in [1.165, 1.54) is 19.3 Å². The van der Waals surface area contributed by atoms with Crippen molar-refractivity contribution in [3.63, 3.8) is 0 Å². The first-order chi connectivity index (χ1) is 16.6. The molecular weight excluding hydrogens is 486 g/mol. The molecule has 0 aliphatic heterocycles. The number of carbonyl (C=O) groups excluding carboxylic acids is 2. The first-order valence-electron chi connectivity index (χ1n) is 11.8. The zero-order chi connectivity index (χ0) is 24.2. The van der Waals surface area contributed by atoms with E-state index in [1.54, 1.807) is 36.9 Å². The molecule has 1 atom stereocenters. The number of nitrogens with one attached hydrogen (secondary N) is 2. The molecule has 1 aromatic heterocycles. The Morgan fingerprint density at radius 1 is 1.09 bits per heavy atom. The van der Waals surface area contributed by atoms with Crippen molar-refractivity contribution in [2.75, 3.05) is 26.0 Å². The highest BCUT2D eigenvalue weighted by atomic mass is 35.5. The van der Waals surface area contributed by atoms with Gasteiger partial charge in [-0.15, -0.1) is 12.4 Å². The number of ether oxygens (including phenoxy) is 1. The second kappa shape index (κ2) is 15.4. The summed E-state index contributed by atoms with van der Waals surface area (Å²) in [4.78, 5) is 29.9. The molecule has 190 valence electrons. The zero-order valence-electron chi connectivity index (χ0n) is 20.2. The van der Waals surface area contributed by atoms with Gasteiger partial charge < -0.3 is 19.8 Å². The van der Waals surface area contributed by atoms with E-state index in [9.17, 15) is 9.59 Å². The molecule has 2 aromatic carbocycles. The predicted molar refractivity (Wildman–Crippen MR) is 142 cm³/mol. The summed E-state index contributed by atoms with van der Waals surface area (Å²) in [7, 11) is 1.97. The number of carbonyl (C=O) groups is 2. The molecule has 0 aliphatic rings. The Hall–Kier alpha value is -2.55. The molecule has 1 amide bonds. The topological polar surface area (TPSA) is 93.5 Å². The van der Waals surface area contributed by atoms with Gasteiger partial charge in [0.1, 0.15) is 11.6 Å². The molecule has 0 radical (unpaired) electrons. The van der Waals surface area contributed by atoms with E-state index < -0.39 is 12.0 Å². The summed E-state index contributed by atoms with van der Waals surface area (Å²) in [5.41, 5.74) is 2.62. The van der Waals surface area contributed by atoms with Crippen molar-refractivity contribution in [2.45, 2.75) is 50.3 Å². The van der Waals surface area contributed by atoms with Crippen LogP contribution in [0, 0.1) is 0 Å². The average Bonchev–Trinajstić information content (AvgIpc) is 3.26. The third-order valence-electron chi connectivity index (χ3n) is 5.34. The van der Waals surface area contributed by atoms with Gasteiger partial charge in [0.2, 0.25) is 0 Å². The Kier molecular flexibility index (Phi) is 12.7. The van der Waals surface area contributed by atoms with E-state index in [-0.39, 0.29) is 24.9 Å². The maximum absolute atomic E-state index is 12.9. The molecule has 3 rings (SSSR count). The molecule has 3 aromatic rings. The van der Waals surface area contributed by atoms with E-state index >= 15 is 0 Å². The number of esters is 1. The smallest absolute Gasteiger partial charge is 0.328 e. The third kappa shape index (κ3) is 9.20. The fourth-order valence-corrected chi connectivity index (χ4v) is 4.39. The van der Waals surface area contributed by atoms with Crippen LogP contribution < -0.4 is 10.6 Å². The zero-order valence-corrected chi connectivity index (χ0v) is 21.9. The molecule has 0 unspecified atom stereocenters. The van der Waals surface area contributed by atoms with E-state index in [0.29, 0.717) is 28.3 Å². The van der Waals surface area contributed by atoms with Gasteiger partial charge in [0.15, 0.2) is 5.58 Å². The normalized spacial score (nSPS) is 11.6. The van der Waals surface area contributed by atoms with Crippen molar-refractivity contribution in [3.05, 3.63) is 59.7 Å². The lowest BCUT2D eigenvalue weighted by atomic mass is 10.1. The van der Waals surface area contributed by atoms with Gasteiger partial charge in [-0.2, -0.15) is 0 Å². The number of aromatic nitrogens is 1. The van der Waals surface area contributed by atoms with E-state index in [0.717, 1.165) is 24.3 Å². The molecule has 0 saturated heterocycles. The van der Waals surface area contributed by atoms with Gasteiger partial charge in [0, 0.05) is 17.7 Å². The molecule has 2 N–H and O–H groups in total. The van der Waals surface area contributed by atoms with E-state index in [4.69, 9.17) is 9.15 Å². The number of hydrogen-bond donors (Lipinski definition) is 2. The average molecular weight is 520 g/mol. The summed E-state index contributed by atoms with van der Waals surface area (Å²) < 4.78 is 11.0. The molecular formula is C26H34ClN3O4S. The van der Waals surface area contributed by atoms with Crippen LogP contribution in [0.3, 0.4) is 0 Å². The number of amides is 1. The number of rotatable bonds is 14. The number of unbranched alkanes of at least 4 members (excludes halogenated alkanes) is 3. The number of thioether (sulfide) groups is 1. The monoisotopic (exact) mass is 519 g/mol. The molecule has 0 saturated carbocycles. The van der Waals surface area contributed by atoms with Gasteiger partial charge in [-0.1, -0.05) is 54.9 Å². The number of benzene rings is 2. The van der Waals surface area contributed by atoms with Crippen molar-refractivity contribution in [1.82, 2.24) is 15.6 Å². The highest BCUT2D eigenvalue weighted by Crippen LogP contribution is 2.25. The van der Waals surface area contributed by atoms with Crippen LogP contribution >= 0.6 is 24.2 Å². The van der Waals surface area contributed by atoms with Crippen LogP contribution in [0.4, 0.5) is 0 Å². The second-order valence-electron chi connectivity index (χ2n) is 8.00. The van der Waals surface area contributed by atoms with E-state index in [2.05, 4.69) is 15.6 Å². The minimum absolute atomic E-state index is 0. The molecule has 35 heavy (non-hydrogen) atoms. The summed E-state index contributed by atoms with van der Waals surface area (Å²) in [5, 5.41) is 6.59. The maximum atomic E-state index is 12.9. The summed E-state index contributed by atoms with van der Waals surface area (Å²) in [5.74, 6) is 0.141. The molecule has 9 heteroatoms. The quantitative estimate of drug-likeness (QED) is 0.175. The number of halogens is 1. The molecule has 1 heterocycles. The lowest BCUT2D eigenvalue weighted by Gasteiger charge is -2.17. The Morgan fingerprint density at radius 3 is 2.60 bits per heavy atom. The van der Waals surface area contributed by atoms with Crippen LogP contribution in [0.2, 0.25) is 0 Å². The van der Waals surface area contributed by atoms with Gasteiger partial charge in [-0.3, -0.25) is 4.79 Å². The predicted octanol–water partition coefficient (Wildman–Crippen LogP) is 5.03. The van der Waals surface area contributed by atoms with Crippen LogP contribution in [0.25, 0.3) is 11.1 Å². The SMILES string of the molecule is CCOC(=O)[C@@H](Cc1ccccc1)NC(=O)c1ccc2oc(SCCCCCCNC)nc2c1.Cl. The summed E-state index contributed by atoms with van der Waals surface area (Å²) in [6.07, 6.45) is 5.05. The van der Waals surface area contributed by atoms with Crippen LogP contribution in [-0.2, 0) is 16.0 Å². The largest absolute Gasteiger partial charge is 0.464 e. The highest BCUT2D eigenvalue weighted by molar-refractivity contribution is 7.99.